The van der Waals surface area contributed by atoms with Crippen molar-refractivity contribution in [3.8, 4) is 0 Å². The quantitative estimate of drug-likeness (QED) is 0.658. The SMILES string of the molecule is O=C1NCCCCC1NC1CCOC1. The van der Waals surface area contributed by atoms with E-state index in [-0.39, 0.29) is 11.9 Å². The van der Waals surface area contributed by atoms with E-state index in [0.717, 1.165) is 45.4 Å². The Bertz CT molecular complexity index is 202. The van der Waals surface area contributed by atoms with Gasteiger partial charge in [-0.3, -0.25) is 4.79 Å². The van der Waals surface area contributed by atoms with Gasteiger partial charge < -0.3 is 15.4 Å². The van der Waals surface area contributed by atoms with Gasteiger partial charge in [0.2, 0.25) is 5.91 Å². The highest BCUT2D eigenvalue weighted by Crippen LogP contribution is 2.10. The van der Waals surface area contributed by atoms with Crippen LogP contribution in [-0.4, -0.2) is 37.7 Å². The summed E-state index contributed by atoms with van der Waals surface area (Å²) in [5.74, 6) is 0.161. The van der Waals surface area contributed by atoms with Gasteiger partial charge in [0.15, 0.2) is 0 Å². The van der Waals surface area contributed by atoms with E-state index in [9.17, 15) is 4.79 Å². The number of carbonyl (C=O) groups excluding carboxylic acids is 1. The number of carbonyl (C=O) groups is 1. The maximum Gasteiger partial charge on any atom is 0.237 e. The molecule has 14 heavy (non-hydrogen) atoms. The lowest BCUT2D eigenvalue weighted by molar-refractivity contribution is -0.123. The van der Waals surface area contributed by atoms with Gasteiger partial charge in [-0.1, -0.05) is 0 Å². The Balaban J connectivity index is 1.84. The summed E-state index contributed by atoms with van der Waals surface area (Å²) in [5.41, 5.74) is 0. The second-order valence-corrected chi connectivity index (χ2v) is 4.07. The zero-order valence-electron chi connectivity index (χ0n) is 8.42. The fourth-order valence-electron chi connectivity index (χ4n) is 2.05. The summed E-state index contributed by atoms with van der Waals surface area (Å²) in [6.45, 7) is 2.41. The van der Waals surface area contributed by atoms with Crippen molar-refractivity contribution in [3.63, 3.8) is 0 Å². The molecule has 0 bridgehead atoms. The summed E-state index contributed by atoms with van der Waals surface area (Å²) >= 11 is 0. The number of hydrogen-bond acceptors (Lipinski definition) is 3. The van der Waals surface area contributed by atoms with E-state index in [1.54, 1.807) is 0 Å². The predicted octanol–water partition coefficient (Wildman–Crippen LogP) is 0.0336. The average molecular weight is 198 g/mol. The second kappa shape index (κ2) is 4.75. The molecule has 2 N–H and O–H groups in total. The molecule has 0 radical (unpaired) electrons. The van der Waals surface area contributed by atoms with Gasteiger partial charge in [-0.05, 0) is 25.7 Å². The first-order valence-electron chi connectivity index (χ1n) is 5.48. The molecule has 0 aliphatic carbocycles. The number of nitrogens with one attached hydrogen (secondary N) is 2. The van der Waals surface area contributed by atoms with E-state index in [2.05, 4.69) is 10.6 Å². The van der Waals surface area contributed by atoms with Crippen LogP contribution < -0.4 is 10.6 Å². The minimum Gasteiger partial charge on any atom is -0.380 e. The topological polar surface area (TPSA) is 50.4 Å². The molecule has 2 saturated heterocycles. The second-order valence-electron chi connectivity index (χ2n) is 4.07. The van der Waals surface area contributed by atoms with Crippen molar-refractivity contribution in [2.45, 2.75) is 37.8 Å². The van der Waals surface area contributed by atoms with E-state index in [1.165, 1.54) is 0 Å². The standard InChI is InChI=1S/C10H18N2O2/c13-10-9(3-1-2-5-11-10)12-8-4-6-14-7-8/h8-9,12H,1-7H2,(H,11,13). The summed E-state index contributed by atoms with van der Waals surface area (Å²) in [6.07, 6.45) is 4.22. The van der Waals surface area contributed by atoms with E-state index in [4.69, 9.17) is 4.74 Å². The van der Waals surface area contributed by atoms with Crippen molar-refractivity contribution < 1.29 is 9.53 Å². The Morgan fingerprint density at radius 2 is 2.29 bits per heavy atom. The Morgan fingerprint density at radius 1 is 1.36 bits per heavy atom. The van der Waals surface area contributed by atoms with Gasteiger partial charge in [0, 0.05) is 19.2 Å². The Hall–Kier alpha value is -0.610. The van der Waals surface area contributed by atoms with Crippen molar-refractivity contribution in [2.24, 2.45) is 0 Å². The normalized spacial score (nSPS) is 33.9. The number of amides is 1. The van der Waals surface area contributed by atoms with Gasteiger partial charge in [-0.2, -0.15) is 0 Å². The molecule has 2 aliphatic heterocycles. The molecule has 1 amide bonds. The third-order valence-electron chi connectivity index (χ3n) is 2.90. The summed E-state index contributed by atoms with van der Waals surface area (Å²) < 4.78 is 5.27. The minimum absolute atomic E-state index is 0.00389. The molecule has 2 atom stereocenters. The molecular weight excluding hydrogens is 180 g/mol. The fourth-order valence-corrected chi connectivity index (χ4v) is 2.05. The van der Waals surface area contributed by atoms with Crippen LogP contribution in [0.3, 0.4) is 0 Å². The first kappa shape index (κ1) is 9.93. The van der Waals surface area contributed by atoms with Gasteiger partial charge in [0.1, 0.15) is 0 Å². The molecule has 4 heteroatoms. The smallest absolute Gasteiger partial charge is 0.237 e. The van der Waals surface area contributed by atoms with Gasteiger partial charge in [0.05, 0.1) is 12.6 Å². The van der Waals surface area contributed by atoms with Crippen LogP contribution in [0.5, 0.6) is 0 Å². The lowest BCUT2D eigenvalue weighted by atomic mass is 10.1. The van der Waals surface area contributed by atoms with Crippen molar-refractivity contribution in [3.05, 3.63) is 0 Å². The molecule has 80 valence electrons. The molecule has 0 aromatic rings. The van der Waals surface area contributed by atoms with Crippen LogP contribution in [0.1, 0.15) is 25.7 Å². The Morgan fingerprint density at radius 3 is 3.07 bits per heavy atom. The molecule has 2 heterocycles. The van der Waals surface area contributed by atoms with Gasteiger partial charge >= 0.3 is 0 Å². The first-order chi connectivity index (χ1) is 6.86. The van der Waals surface area contributed by atoms with E-state index in [1.807, 2.05) is 0 Å². The molecule has 2 rings (SSSR count). The minimum atomic E-state index is 0.00389. The van der Waals surface area contributed by atoms with Crippen molar-refractivity contribution >= 4 is 5.91 Å². The highest BCUT2D eigenvalue weighted by molar-refractivity contribution is 5.81. The molecule has 0 aromatic heterocycles. The van der Waals surface area contributed by atoms with Gasteiger partial charge in [-0.15, -0.1) is 0 Å². The number of rotatable bonds is 2. The average Bonchev–Trinajstić information content (AvgIpc) is 2.60. The van der Waals surface area contributed by atoms with Crippen LogP contribution >= 0.6 is 0 Å². The zero-order chi connectivity index (χ0) is 9.80. The number of ether oxygens (including phenoxy) is 1. The summed E-state index contributed by atoms with van der Waals surface area (Å²) in [5, 5.41) is 6.30. The van der Waals surface area contributed by atoms with Crippen molar-refractivity contribution in [1.29, 1.82) is 0 Å². The summed E-state index contributed by atoms with van der Waals surface area (Å²) in [6, 6.07) is 0.382. The third kappa shape index (κ3) is 2.45. The number of hydrogen-bond donors (Lipinski definition) is 2. The van der Waals surface area contributed by atoms with Crippen molar-refractivity contribution in [1.82, 2.24) is 10.6 Å². The lowest BCUT2D eigenvalue weighted by Gasteiger charge is -2.19. The van der Waals surface area contributed by atoms with Crippen LogP contribution in [0.15, 0.2) is 0 Å². The van der Waals surface area contributed by atoms with Crippen molar-refractivity contribution in [2.75, 3.05) is 19.8 Å². The van der Waals surface area contributed by atoms with Crippen LogP contribution in [0.4, 0.5) is 0 Å². The van der Waals surface area contributed by atoms with Crippen LogP contribution in [0.25, 0.3) is 0 Å². The Labute approximate surface area is 84.4 Å². The first-order valence-corrected chi connectivity index (χ1v) is 5.48. The largest absolute Gasteiger partial charge is 0.380 e. The van der Waals surface area contributed by atoms with E-state index < -0.39 is 0 Å². The molecule has 4 nitrogen and oxygen atoms in total. The lowest BCUT2D eigenvalue weighted by Crippen LogP contribution is -2.47. The predicted molar refractivity (Wildman–Crippen MR) is 53.0 cm³/mol. The fraction of sp³-hybridized carbons (Fsp3) is 0.900. The molecule has 0 spiro atoms. The molecule has 0 saturated carbocycles. The van der Waals surface area contributed by atoms with Crippen LogP contribution in [-0.2, 0) is 9.53 Å². The molecule has 2 aliphatic rings. The maximum atomic E-state index is 11.6. The monoisotopic (exact) mass is 198 g/mol. The Kier molecular flexibility index (Phi) is 3.37. The van der Waals surface area contributed by atoms with Gasteiger partial charge in [0.25, 0.3) is 0 Å². The molecule has 2 fully saturated rings. The molecular formula is C10H18N2O2. The van der Waals surface area contributed by atoms with E-state index >= 15 is 0 Å². The zero-order valence-corrected chi connectivity index (χ0v) is 8.42. The highest BCUT2D eigenvalue weighted by Gasteiger charge is 2.25. The third-order valence-corrected chi connectivity index (χ3v) is 2.90. The van der Waals surface area contributed by atoms with Gasteiger partial charge in [-0.25, -0.2) is 0 Å². The summed E-state index contributed by atoms with van der Waals surface area (Å²) in [4.78, 5) is 11.6. The van der Waals surface area contributed by atoms with Crippen LogP contribution in [0.2, 0.25) is 0 Å². The van der Waals surface area contributed by atoms with Crippen LogP contribution in [0, 0.1) is 0 Å². The molecule has 2 unspecified atom stereocenters. The van der Waals surface area contributed by atoms with E-state index in [0.29, 0.717) is 6.04 Å². The summed E-state index contributed by atoms with van der Waals surface area (Å²) in [7, 11) is 0. The highest BCUT2D eigenvalue weighted by atomic mass is 16.5. The maximum absolute atomic E-state index is 11.6. The molecule has 0 aromatic carbocycles.